The van der Waals surface area contributed by atoms with E-state index in [1.807, 2.05) is 35.2 Å². The summed E-state index contributed by atoms with van der Waals surface area (Å²) in [4.78, 5) is 22.8. The van der Waals surface area contributed by atoms with Gasteiger partial charge in [0.15, 0.2) is 0 Å². The molecule has 2 fully saturated rings. The van der Waals surface area contributed by atoms with E-state index in [9.17, 15) is 4.79 Å². The highest BCUT2D eigenvalue weighted by Gasteiger charge is 2.29. The van der Waals surface area contributed by atoms with Crippen molar-refractivity contribution in [1.82, 2.24) is 9.88 Å². The van der Waals surface area contributed by atoms with E-state index >= 15 is 0 Å². The molecule has 1 amide bonds. The van der Waals surface area contributed by atoms with Crippen LogP contribution in [0.25, 0.3) is 10.9 Å². The van der Waals surface area contributed by atoms with Gasteiger partial charge in [0.2, 0.25) is 0 Å². The van der Waals surface area contributed by atoms with Gasteiger partial charge in [-0.2, -0.15) is 0 Å². The SMILES string of the molecule is Cc1ccc(C)c(OC2CCN(C(=O)c3cc4ccccc4nc3N3CCCC3)CC2)c1. The number of carbonyl (C=O) groups is 1. The highest BCUT2D eigenvalue weighted by atomic mass is 16.5. The second kappa shape index (κ2) is 8.81. The summed E-state index contributed by atoms with van der Waals surface area (Å²) >= 11 is 0. The zero-order chi connectivity index (χ0) is 22.1. The number of piperidine rings is 1. The predicted octanol–water partition coefficient (Wildman–Crippen LogP) is 5.14. The summed E-state index contributed by atoms with van der Waals surface area (Å²) in [5.41, 5.74) is 4.05. The summed E-state index contributed by atoms with van der Waals surface area (Å²) in [6.07, 6.45) is 4.15. The van der Waals surface area contributed by atoms with Gasteiger partial charge in [-0.15, -0.1) is 0 Å². The van der Waals surface area contributed by atoms with Crippen LogP contribution < -0.4 is 9.64 Å². The minimum atomic E-state index is 0.0929. The number of hydrogen-bond acceptors (Lipinski definition) is 4. The van der Waals surface area contributed by atoms with Crippen molar-refractivity contribution < 1.29 is 9.53 Å². The number of aromatic nitrogens is 1. The summed E-state index contributed by atoms with van der Waals surface area (Å²) in [5, 5.41) is 1.02. The van der Waals surface area contributed by atoms with Gasteiger partial charge in [-0.25, -0.2) is 4.98 Å². The Morgan fingerprint density at radius 3 is 2.50 bits per heavy atom. The molecule has 32 heavy (non-hydrogen) atoms. The largest absolute Gasteiger partial charge is 0.490 e. The first kappa shape index (κ1) is 20.8. The third kappa shape index (κ3) is 4.16. The third-order valence-corrected chi connectivity index (χ3v) is 6.71. The van der Waals surface area contributed by atoms with Crippen LogP contribution in [0, 0.1) is 13.8 Å². The fourth-order valence-corrected chi connectivity index (χ4v) is 4.79. The molecule has 0 N–H and O–H groups in total. The molecular formula is C27H31N3O2. The number of benzene rings is 2. The van der Waals surface area contributed by atoms with E-state index in [1.54, 1.807) is 0 Å². The van der Waals surface area contributed by atoms with Crippen LogP contribution in [0.4, 0.5) is 5.82 Å². The lowest BCUT2D eigenvalue weighted by Crippen LogP contribution is -2.42. The van der Waals surface area contributed by atoms with E-state index in [-0.39, 0.29) is 12.0 Å². The third-order valence-electron chi connectivity index (χ3n) is 6.71. The molecule has 3 heterocycles. The number of hydrogen-bond donors (Lipinski definition) is 0. The fraction of sp³-hybridized carbons (Fsp3) is 0.407. The standard InChI is InChI=1S/C27H31N3O2/c1-19-9-10-20(2)25(17-19)32-22-11-15-30(16-12-22)27(31)23-18-21-7-3-4-8-24(21)28-26(23)29-13-5-6-14-29/h3-4,7-10,17-18,22H,5-6,11-16H2,1-2H3. The monoisotopic (exact) mass is 429 g/mol. The van der Waals surface area contributed by atoms with Crippen LogP contribution in [0.3, 0.4) is 0 Å². The van der Waals surface area contributed by atoms with Crippen molar-refractivity contribution in [2.75, 3.05) is 31.1 Å². The van der Waals surface area contributed by atoms with Crippen molar-refractivity contribution in [2.24, 2.45) is 0 Å². The number of amides is 1. The number of anilines is 1. The summed E-state index contributed by atoms with van der Waals surface area (Å²) in [7, 11) is 0. The number of carbonyl (C=O) groups excluding carboxylic acids is 1. The maximum atomic E-state index is 13.6. The van der Waals surface area contributed by atoms with Gasteiger partial charge in [0.05, 0.1) is 11.1 Å². The molecule has 3 aromatic rings. The van der Waals surface area contributed by atoms with E-state index < -0.39 is 0 Å². The summed E-state index contributed by atoms with van der Waals surface area (Å²) in [6, 6.07) is 16.4. The number of para-hydroxylation sites is 1. The van der Waals surface area contributed by atoms with Crippen LogP contribution in [-0.2, 0) is 0 Å². The molecule has 2 aromatic carbocycles. The highest BCUT2D eigenvalue weighted by molar-refractivity contribution is 6.02. The van der Waals surface area contributed by atoms with Gasteiger partial charge in [0.1, 0.15) is 17.7 Å². The Morgan fingerprint density at radius 1 is 0.969 bits per heavy atom. The Hall–Kier alpha value is -3.08. The molecule has 0 saturated carbocycles. The normalized spacial score (nSPS) is 17.2. The first-order valence-electron chi connectivity index (χ1n) is 11.8. The maximum absolute atomic E-state index is 13.6. The molecule has 2 aliphatic heterocycles. The highest BCUT2D eigenvalue weighted by Crippen LogP contribution is 2.29. The van der Waals surface area contributed by atoms with Crippen LogP contribution >= 0.6 is 0 Å². The van der Waals surface area contributed by atoms with Crippen LogP contribution in [0.5, 0.6) is 5.75 Å². The van der Waals surface area contributed by atoms with E-state index in [1.165, 1.54) is 5.56 Å². The molecule has 1 aromatic heterocycles. The Kier molecular flexibility index (Phi) is 5.73. The second-order valence-corrected chi connectivity index (χ2v) is 9.12. The topological polar surface area (TPSA) is 45.7 Å². The molecule has 0 unspecified atom stereocenters. The Labute approximate surface area is 190 Å². The number of rotatable bonds is 4. The summed E-state index contributed by atoms with van der Waals surface area (Å²) in [6.45, 7) is 7.53. The van der Waals surface area contributed by atoms with Gasteiger partial charge in [0, 0.05) is 44.4 Å². The average Bonchev–Trinajstić information content (AvgIpc) is 3.35. The molecule has 0 spiro atoms. The van der Waals surface area contributed by atoms with Gasteiger partial charge in [-0.05, 0) is 56.0 Å². The van der Waals surface area contributed by atoms with Gasteiger partial charge in [-0.3, -0.25) is 4.79 Å². The first-order valence-corrected chi connectivity index (χ1v) is 11.8. The van der Waals surface area contributed by atoms with Crippen molar-refractivity contribution in [3.63, 3.8) is 0 Å². The van der Waals surface area contributed by atoms with Gasteiger partial charge < -0.3 is 14.5 Å². The van der Waals surface area contributed by atoms with E-state index in [0.29, 0.717) is 13.1 Å². The molecule has 2 aliphatic rings. The molecule has 166 valence electrons. The fourth-order valence-electron chi connectivity index (χ4n) is 4.79. The quantitative estimate of drug-likeness (QED) is 0.576. The number of pyridine rings is 1. The molecule has 0 bridgehead atoms. The number of aryl methyl sites for hydroxylation is 2. The number of likely N-dealkylation sites (tertiary alicyclic amines) is 1. The predicted molar refractivity (Wildman–Crippen MR) is 129 cm³/mol. The Morgan fingerprint density at radius 2 is 1.72 bits per heavy atom. The lowest BCUT2D eigenvalue weighted by molar-refractivity contribution is 0.0594. The average molecular weight is 430 g/mol. The smallest absolute Gasteiger partial charge is 0.257 e. The maximum Gasteiger partial charge on any atom is 0.257 e. The number of fused-ring (bicyclic) bond motifs is 1. The van der Waals surface area contributed by atoms with E-state index in [4.69, 9.17) is 9.72 Å². The zero-order valence-corrected chi connectivity index (χ0v) is 19.0. The van der Waals surface area contributed by atoms with Crippen molar-refractivity contribution >= 4 is 22.6 Å². The van der Waals surface area contributed by atoms with Crippen LogP contribution in [0.2, 0.25) is 0 Å². The molecule has 5 heteroatoms. The van der Waals surface area contributed by atoms with Gasteiger partial charge in [-0.1, -0.05) is 30.3 Å². The van der Waals surface area contributed by atoms with Gasteiger partial charge in [0.25, 0.3) is 5.91 Å². The number of nitrogens with zero attached hydrogens (tertiary/aromatic N) is 3. The van der Waals surface area contributed by atoms with E-state index in [2.05, 4.69) is 36.9 Å². The second-order valence-electron chi connectivity index (χ2n) is 9.12. The Balaban J connectivity index is 1.33. The minimum absolute atomic E-state index is 0.0929. The first-order chi connectivity index (χ1) is 15.6. The molecule has 5 nitrogen and oxygen atoms in total. The molecule has 0 aliphatic carbocycles. The van der Waals surface area contributed by atoms with Crippen molar-refractivity contribution in [3.05, 3.63) is 65.2 Å². The van der Waals surface area contributed by atoms with Crippen molar-refractivity contribution in [1.29, 1.82) is 0 Å². The molecule has 5 rings (SSSR count). The Bertz CT molecular complexity index is 1130. The molecule has 0 radical (unpaired) electrons. The summed E-state index contributed by atoms with van der Waals surface area (Å²) < 4.78 is 6.30. The van der Waals surface area contributed by atoms with Crippen molar-refractivity contribution in [3.8, 4) is 5.75 Å². The zero-order valence-electron chi connectivity index (χ0n) is 19.0. The molecule has 0 atom stereocenters. The van der Waals surface area contributed by atoms with Crippen molar-refractivity contribution in [2.45, 2.75) is 45.6 Å². The lowest BCUT2D eigenvalue weighted by atomic mass is 10.0. The number of ether oxygens (including phenoxy) is 1. The van der Waals surface area contributed by atoms with Crippen LogP contribution in [0.1, 0.15) is 47.2 Å². The molecular weight excluding hydrogens is 398 g/mol. The van der Waals surface area contributed by atoms with E-state index in [0.717, 1.165) is 72.4 Å². The van der Waals surface area contributed by atoms with Crippen LogP contribution in [-0.4, -0.2) is 48.1 Å². The lowest BCUT2D eigenvalue weighted by Gasteiger charge is -2.33. The molecule has 2 saturated heterocycles. The summed E-state index contributed by atoms with van der Waals surface area (Å²) in [5.74, 6) is 1.90. The minimum Gasteiger partial charge on any atom is -0.490 e. The van der Waals surface area contributed by atoms with Gasteiger partial charge >= 0.3 is 0 Å². The van der Waals surface area contributed by atoms with Crippen LogP contribution in [0.15, 0.2) is 48.5 Å².